The van der Waals surface area contributed by atoms with Gasteiger partial charge in [0.05, 0.1) is 36.2 Å². The first kappa shape index (κ1) is 14.9. The topological polar surface area (TPSA) is 78.6 Å². The molecule has 1 aromatic carbocycles. The van der Waals surface area contributed by atoms with Gasteiger partial charge in [-0.25, -0.2) is 12.8 Å². The second kappa shape index (κ2) is 6.67. The predicted molar refractivity (Wildman–Crippen MR) is 65.6 cm³/mol. The molecule has 1 aromatic rings. The highest BCUT2D eigenvalue weighted by Crippen LogP contribution is 2.20. The maximum atomic E-state index is 13.0. The number of benzene rings is 1. The molecule has 0 aliphatic rings. The van der Waals surface area contributed by atoms with Crippen LogP contribution < -0.4 is 5.73 Å². The largest absolute Gasteiger partial charge is 0.398 e. The van der Waals surface area contributed by atoms with Gasteiger partial charge in [0, 0.05) is 7.11 Å². The van der Waals surface area contributed by atoms with E-state index in [0.717, 1.165) is 12.1 Å². The Kier molecular flexibility index (Phi) is 5.52. The third-order valence-corrected chi connectivity index (χ3v) is 3.97. The van der Waals surface area contributed by atoms with E-state index in [1.165, 1.54) is 13.2 Å². The second-order valence-corrected chi connectivity index (χ2v) is 5.68. The fraction of sp³-hybridized carbons (Fsp3) is 0.455. The van der Waals surface area contributed by atoms with E-state index in [0.29, 0.717) is 13.2 Å². The Hall–Kier alpha value is -1.18. The predicted octanol–water partition coefficient (Wildman–Crippen LogP) is 0.845. The minimum absolute atomic E-state index is 0.0155. The zero-order chi connectivity index (χ0) is 13.6. The van der Waals surface area contributed by atoms with Gasteiger partial charge in [-0.2, -0.15) is 0 Å². The molecule has 102 valence electrons. The lowest BCUT2D eigenvalue weighted by Gasteiger charge is -2.08. The SMILES string of the molecule is COCCOCCS(=O)(=O)c1cc(F)ccc1N. The minimum atomic E-state index is -3.63. The first-order valence-electron chi connectivity index (χ1n) is 5.32. The van der Waals surface area contributed by atoms with Crippen LogP contribution in [0.1, 0.15) is 0 Å². The summed E-state index contributed by atoms with van der Waals surface area (Å²) >= 11 is 0. The van der Waals surface area contributed by atoms with Gasteiger partial charge in [-0.15, -0.1) is 0 Å². The van der Waals surface area contributed by atoms with Crippen LogP contribution in [0.2, 0.25) is 0 Å². The fourth-order valence-corrected chi connectivity index (χ4v) is 2.58. The number of nitrogens with two attached hydrogens (primary N) is 1. The first-order chi connectivity index (χ1) is 8.47. The van der Waals surface area contributed by atoms with E-state index < -0.39 is 15.7 Å². The lowest BCUT2D eigenvalue weighted by Crippen LogP contribution is -2.15. The van der Waals surface area contributed by atoms with Crippen LogP contribution in [0.15, 0.2) is 23.1 Å². The van der Waals surface area contributed by atoms with Crippen molar-refractivity contribution >= 4 is 15.5 Å². The minimum Gasteiger partial charge on any atom is -0.398 e. The van der Waals surface area contributed by atoms with Crippen LogP contribution in [0, 0.1) is 5.82 Å². The molecule has 0 radical (unpaired) electrons. The number of nitrogen functional groups attached to an aromatic ring is 1. The average molecular weight is 277 g/mol. The Balaban J connectivity index is 2.66. The van der Waals surface area contributed by atoms with Crippen molar-refractivity contribution in [2.75, 3.05) is 38.4 Å². The molecule has 0 amide bonds. The van der Waals surface area contributed by atoms with Crippen LogP contribution in [-0.2, 0) is 19.3 Å². The Labute approximate surface area is 106 Å². The van der Waals surface area contributed by atoms with E-state index >= 15 is 0 Å². The molecule has 0 aliphatic carbocycles. The van der Waals surface area contributed by atoms with Gasteiger partial charge in [-0.05, 0) is 18.2 Å². The quantitative estimate of drug-likeness (QED) is 0.590. The van der Waals surface area contributed by atoms with Crippen molar-refractivity contribution in [1.29, 1.82) is 0 Å². The summed E-state index contributed by atoms with van der Waals surface area (Å²) in [7, 11) is -2.11. The highest BCUT2D eigenvalue weighted by Gasteiger charge is 2.18. The number of methoxy groups -OCH3 is 1. The van der Waals surface area contributed by atoms with Crippen molar-refractivity contribution in [2.24, 2.45) is 0 Å². The van der Waals surface area contributed by atoms with Gasteiger partial charge < -0.3 is 15.2 Å². The molecule has 5 nitrogen and oxygen atoms in total. The zero-order valence-corrected chi connectivity index (χ0v) is 10.9. The van der Waals surface area contributed by atoms with Crippen LogP contribution in [0.4, 0.5) is 10.1 Å². The Bertz CT molecular complexity index is 490. The van der Waals surface area contributed by atoms with Crippen LogP contribution in [0.25, 0.3) is 0 Å². The number of sulfone groups is 1. The summed E-state index contributed by atoms with van der Waals surface area (Å²) in [5.74, 6) is -0.882. The standard InChI is InChI=1S/C11H16FNO4S/c1-16-4-5-17-6-7-18(14,15)11-8-9(12)2-3-10(11)13/h2-3,8H,4-7,13H2,1H3. The third kappa shape index (κ3) is 4.25. The number of halogens is 1. The van der Waals surface area contributed by atoms with E-state index in [4.69, 9.17) is 15.2 Å². The lowest BCUT2D eigenvalue weighted by molar-refractivity contribution is 0.0785. The van der Waals surface area contributed by atoms with E-state index in [1.54, 1.807) is 0 Å². The number of hydrogen-bond donors (Lipinski definition) is 1. The maximum Gasteiger partial charge on any atom is 0.182 e. The molecular formula is C11H16FNO4S. The Morgan fingerprint density at radius 1 is 1.28 bits per heavy atom. The third-order valence-electron chi connectivity index (χ3n) is 2.24. The summed E-state index contributed by atoms with van der Waals surface area (Å²) < 4.78 is 46.6. The molecule has 0 saturated heterocycles. The number of rotatable bonds is 7. The first-order valence-corrected chi connectivity index (χ1v) is 6.97. The molecule has 7 heteroatoms. The molecule has 18 heavy (non-hydrogen) atoms. The second-order valence-electron chi connectivity index (χ2n) is 3.61. The van der Waals surface area contributed by atoms with Gasteiger partial charge in [-0.1, -0.05) is 0 Å². The van der Waals surface area contributed by atoms with Gasteiger partial charge in [0.1, 0.15) is 5.82 Å². The van der Waals surface area contributed by atoms with Gasteiger partial charge >= 0.3 is 0 Å². The number of hydrogen-bond acceptors (Lipinski definition) is 5. The molecule has 0 aliphatic heterocycles. The van der Waals surface area contributed by atoms with Crippen molar-refractivity contribution < 1.29 is 22.3 Å². The van der Waals surface area contributed by atoms with Gasteiger partial charge in [0.25, 0.3) is 0 Å². The summed E-state index contributed by atoms with van der Waals surface area (Å²) in [6, 6.07) is 3.26. The fourth-order valence-electron chi connectivity index (χ4n) is 1.30. The zero-order valence-electron chi connectivity index (χ0n) is 10.1. The highest BCUT2D eigenvalue weighted by atomic mass is 32.2. The highest BCUT2D eigenvalue weighted by molar-refractivity contribution is 7.91. The summed E-state index contributed by atoms with van der Waals surface area (Å²) in [6.45, 7) is 0.717. The van der Waals surface area contributed by atoms with Crippen molar-refractivity contribution in [1.82, 2.24) is 0 Å². The summed E-state index contributed by atoms with van der Waals surface area (Å²) in [5.41, 5.74) is 5.56. The van der Waals surface area contributed by atoms with Crippen molar-refractivity contribution in [3.63, 3.8) is 0 Å². The van der Waals surface area contributed by atoms with Crippen molar-refractivity contribution in [2.45, 2.75) is 4.90 Å². The molecule has 0 saturated carbocycles. The lowest BCUT2D eigenvalue weighted by atomic mass is 10.3. The van der Waals surface area contributed by atoms with Gasteiger partial charge in [0.2, 0.25) is 0 Å². The van der Waals surface area contributed by atoms with Crippen LogP contribution in [0.3, 0.4) is 0 Å². The molecule has 0 heterocycles. The molecular weight excluding hydrogens is 261 g/mol. The molecule has 0 fully saturated rings. The van der Waals surface area contributed by atoms with Crippen LogP contribution >= 0.6 is 0 Å². The molecule has 0 bridgehead atoms. The van der Waals surface area contributed by atoms with Gasteiger partial charge in [-0.3, -0.25) is 0 Å². The molecule has 0 unspecified atom stereocenters. The van der Waals surface area contributed by atoms with Crippen LogP contribution in [-0.4, -0.2) is 41.1 Å². The van der Waals surface area contributed by atoms with Crippen molar-refractivity contribution in [3.05, 3.63) is 24.0 Å². The normalized spacial score (nSPS) is 11.7. The summed E-state index contributed by atoms with van der Waals surface area (Å²) in [5, 5.41) is 0. The molecule has 0 aromatic heterocycles. The van der Waals surface area contributed by atoms with E-state index in [-0.39, 0.29) is 22.9 Å². The number of anilines is 1. The molecule has 2 N–H and O–H groups in total. The maximum absolute atomic E-state index is 13.0. The number of ether oxygens (including phenoxy) is 2. The molecule has 0 spiro atoms. The monoisotopic (exact) mass is 277 g/mol. The van der Waals surface area contributed by atoms with E-state index in [1.807, 2.05) is 0 Å². The Morgan fingerprint density at radius 2 is 2.00 bits per heavy atom. The molecule has 0 atom stereocenters. The van der Waals surface area contributed by atoms with E-state index in [9.17, 15) is 12.8 Å². The van der Waals surface area contributed by atoms with E-state index in [2.05, 4.69) is 0 Å². The summed E-state index contributed by atoms with van der Waals surface area (Å²) in [6.07, 6.45) is 0. The summed E-state index contributed by atoms with van der Waals surface area (Å²) in [4.78, 5) is -0.196. The Morgan fingerprint density at radius 3 is 2.67 bits per heavy atom. The van der Waals surface area contributed by atoms with Gasteiger partial charge in [0.15, 0.2) is 9.84 Å². The smallest absolute Gasteiger partial charge is 0.182 e. The van der Waals surface area contributed by atoms with Crippen molar-refractivity contribution in [3.8, 4) is 0 Å². The molecule has 1 rings (SSSR count). The van der Waals surface area contributed by atoms with Crippen LogP contribution in [0.5, 0.6) is 0 Å². The average Bonchev–Trinajstić information content (AvgIpc) is 2.32.